The molecule has 0 heterocycles. The van der Waals surface area contributed by atoms with Crippen molar-refractivity contribution < 1.29 is 24.6 Å². The average molecular weight is 646 g/mol. The molecular formula is C33H67N5O5S. The van der Waals surface area contributed by atoms with E-state index in [4.69, 9.17) is 16.6 Å². The summed E-state index contributed by atoms with van der Waals surface area (Å²) in [7, 11) is 0. The molecule has 0 bridgehead atoms. The van der Waals surface area contributed by atoms with E-state index in [0.717, 1.165) is 64.3 Å². The Labute approximate surface area is 273 Å². The van der Waals surface area contributed by atoms with E-state index in [1.54, 1.807) is 0 Å². The maximum atomic E-state index is 12.6. The van der Waals surface area contributed by atoms with Crippen molar-refractivity contribution in [2.75, 3.05) is 25.4 Å². The van der Waals surface area contributed by atoms with Gasteiger partial charge in [-0.1, -0.05) is 96.3 Å². The van der Waals surface area contributed by atoms with Crippen LogP contribution in [0.1, 0.15) is 148 Å². The molecule has 0 fully saturated rings. The van der Waals surface area contributed by atoms with Crippen LogP contribution in [0.5, 0.6) is 0 Å². The predicted molar refractivity (Wildman–Crippen MR) is 184 cm³/mol. The summed E-state index contributed by atoms with van der Waals surface area (Å²) in [6.07, 6.45) is 24.2. The van der Waals surface area contributed by atoms with Gasteiger partial charge in [0.1, 0.15) is 12.3 Å². The SMILES string of the molecule is NCCCCC(NCCCCNC(O)CCCCCCCCCCCCCCCCCCC(=O)O)C(=O)NC(CS)C(N)=O. The molecule has 3 atom stereocenters. The lowest BCUT2D eigenvalue weighted by atomic mass is 10.0. The van der Waals surface area contributed by atoms with Gasteiger partial charge in [0.05, 0.1) is 6.04 Å². The highest BCUT2D eigenvalue weighted by Gasteiger charge is 2.22. The van der Waals surface area contributed by atoms with Crippen LogP contribution in [0, 0.1) is 0 Å². The Bertz CT molecular complexity index is 703. The fraction of sp³-hybridized carbons (Fsp3) is 0.909. The van der Waals surface area contributed by atoms with Gasteiger partial charge in [0.15, 0.2) is 0 Å². The monoisotopic (exact) mass is 645 g/mol. The number of carboxylic acid groups (broad SMARTS) is 1. The van der Waals surface area contributed by atoms with Gasteiger partial charge >= 0.3 is 5.97 Å². The number of unbranched alkanes of at least 4 members (excludes halogenated alkanes) is 17. The molecule has 260 valence electrons. The Morgan fingerprint density at radius 2 is 1.07 bits per heavy atom. The van der Waals surface area contributed by atoms with Crippen molar-refractivity contribution in [3.05, 3.63) is 0 Å². The van der Waals surface area contributed by atoms with Crippen LogP contribution >= 0.6 is 12.6 Å². The first-order chi connectivity index (χ1) is 21.3. The highest BCUT2D eigenvalue weighted by molar-refractivity contribution is 7.80. The number of rotatable bonds is 34. The van der Waals surface area contributed by atoms with Crippen molar-refractivity contribution in [3.63, 3.8) is 0 Å². The molecule has 0 aromatic rings. The van der Waals surface area contributed by atoms with Crippen molar-refractivity contribution >= 4 is 30.4 Å². The minimum absolute atomic E-state index is 0.161. The number of hydrogen-bond donors (Lipinski definition) is 8. The molecular weight excluding hydrogens is 578 g/mol. The van der Waals surface area contributed by atoms with Crippen molar-refractivity contribution in [2.24, 2.45) is 11.5 Å². The van der Waals surface area contributed by atoms with Gasteiger partial charge < -0.3 is 32.3 Å². The zero-order chi connectivity index (χ0) is 32.7. The smallest absolute Gasteiger partial charge is 0.303 e. The number of aliphatic hydroxyl groups excluding tert-OH is 1. The van der Waals surface area contributed by atoms with Crippen molar-refractivity contribution in [3.8, 4) is 0 Å². The molecule has 3 unspecified atom stereocenters. The second kappa shape index (κ2) is 31.6. The Hall–Kier alpha value is -1.40. The summed E-state index contributed by atoms with van der Waals surface area (Å²) in [4.78, 5) is 34.6. The van der Waals surface area contributed by atoms with Crippen LogP contribution in [0.3, 0.4) is 0 Å². The summed E-state index contributed by atoms with van der Waals surface area (Å²) in [5, 5.41) is 28.0. The molecule has 0 aliphatic rings. The number of carbonyl (C=O) groups excluding carboxylic acids is 2. The number of primary amides is 1. The summed E-state index contributed by atoms with van der Waals surface area (Å²) in [6.45, 7) is 1.97. The second-order valence-corrected chi connectivity index (χ2v) is 12.6. The Morgan fingerprint density at radius 3 is 1.52 bits per heavy atom. The predicted octanol–water partition coefficient (Wildman–Crippen LogP) is 4.77. The van der Waals surface area contributed by atoms with Crippen molar-refractivity contribution in [2.45, 2.75) is 166 Å². The number of carbonyl (C=O) groups is 3. The highest BCUT2D eigenvalue weighted by atomic mass is 32.1. The summed E-state index contributed by atoms with van der Waals surface area (Å²) in [5.74, 6) is -1.35. The third-order valence-corrected chi connectivity index (χ3v) is 8.46. The van der Waals surface area contributed by atoms with Crippen LogP contribution in [0.2, 0.25) is 0 Å². The Balaban J connectivity index is 3.64. The molecule has 0 saturated carbocycles. The number of hydrogen-bond acceptors (Lipinski definition) is 8. The number of aliphatic hydroxyl groups is 1. The molecule has 0 aromatic heterocycles. The van der Waals surface area contributed by atoms with Gasteiger partial charge in [-0.2, -0.15) is 12.6 Å². The van der Waals surface area contributed by atoms with Gasteiger partial charge in [0.2, 0.25) is 11.8 Å². The minimum Gasteiger partial charge on any atom is -0.481 e. The van der Waals surface area contributed by atoms with Crippen LogP contribution in [0.4, 0.5) is 0 Å². The van der Waals surface area contributed by atoms with Gasteiger partial charge in [-0.3, -0.25) is 19.7 Å². The van der Waals surface area contributed by atoms with Gasteiger partial charge in [0.25, 0.3) is 0 Å². The van der Waals surface area contributed by atoms with E-state index >= 15 is 0 Å². The fourth-order valence-electron chi connectivity index (χ4n) is 5.28. The Kier molecular flexibility index (Phi) is 30.6. The summed E-state index contributed by atoms with van der Waals surface area (Å²) < 4.78 is 0. The lowest BCUT2D eigenvalue weighted by Crippen LogP contribution is -2.52. The maximum absolute atomic E-state index is 12.6. The molecule has 11 heteroatoms. The first kappa shape index (κ1) is 42.6. The molecule has 9 N–H and O–H groups in total. The van der Waals surface area contributed by atoms with E-state index in [-0.39, 0.29) is 11.7 Å². The summed E-state index contributed by atoms with van der Waals surface area (Å²) >= 11 is 4.09. The molecule has 44 heavy (non-hydrogen) atoms. The molecule has 0 aliphatic heterocycles. The van der Waals surface area contributed by atoms with Crippen molar-refractivity contribution in [1.82, 2.24) is 16.0 Å². The number of amides is 2. The Morgan fingerprint density at radius 1 is 0.614 bits per heavy atom. The number of nitrogens with one attached hydrogen (secondary N) is 3. The molecule has 2 amide bonds. The maximum Gasteiger partial charge on any atom is 0.303 e. The molecule has 0 aromatic carbocycles. The van der Waals surface area contributed by atoms with Gasteiger partial charge in [-0.25, -0.2) is 0 Å². The summed E-state index contributed by atoms with van der Waals surface area (Å²) in [6, 6.07) is -1.19. The molecule has 0 spiro atoms. The molecule has 10 nitrogen and oxygen atoms in total. The molecule has 0 aliphatic carbocycles. The van der Waals surface area contributed by atoms with E-state index in [9.17, 15) is 19.5 Å². The number of thiol groups is 1. The lowest BCUT2D eigenvalue weighted by Gasteiger charge is -2.21. The van der Waals surface area contributed by atoms with Crippen LogP contribution < -0.4 is 27.4 Å². The topological polar surface area (TPSA) is 180 Å². The van der Waals surface area contributed by atoms with E-state index in [1.807, 2.05) is 0 Å². The average Bonchev–Trinajstić information content (AvgIpc) is 2.99. The zero-order valence-electron chi connectivity index (χ0n) is 27.5. The quantitative estimate of drug-likeness (QED) is 0.0280. The van der Waals surface area contributed by atoms with Crippen LogP contribution in [-0.4, -0.2) is 71.7 Å². The number of aliphatic carboxylic acids is 1. The van der Waals surface area contributed by atoms with Crippen LogP contribution in [-0.2, 0) is 14.4 Å². The van der Waals surface area contributed by atoms with Gasteiger partial charge in [-0.15, -0.1) is 0 Å². The molecule has 0 saturated heterocycles. The first-order valence-electron chi connectivity index (χ1n) is 17.6. The second-order valence-electron chi connectivity index (χ2n) is 12.2. The lowest BCUT2D eigenvalue weighted by molar-refractivity contribution is -0.137. The van der Waals surface area contributed by atoms with Gasteiger partial charge in [-0.05, 0) is 64.6 Å². The van der Waals surface area contributed by atoms with E-state index in [1.165, 1.54) is 77.0 Å². The van der Waals surface area contributed by atoms with E-state index < -0.39 is 30.2 Å². The third-order valence-electron chi connectivity index (χ3n) is 8.10. The highest BCUT2D eigenvalue weighted by Crippen LogP contribution is 2.14. The minimum atomic E-state index is -0.784. The summed E-state index contributed by atoms with van der Waals surface area (Å²) in [5.41, 5.74) is 10.9. The standard InChI is InChI=1S/C33H67N5O5S/c34-24-18-17-21-28(33(43)38-29(27-44)32(35)42)36-25-19-20-26-37-30(39)22-15-13-11-9-7-5-3-1-2-4-6-8-10-12-14-16-23-31(40)41/h28-30,36-37,39,44H,1-27,34H2,(H2,35,42)(H,38,43)(H,40,41). The number of nitrogens with two attached hydrogens (primary N) is 2. The van der Waals surface area contributed by atoms with E-state index in [2.05, 4.69) is 28.6 Å². The van der Waals surface area contributed by atoms with E-state index in [0.29, 0.717) is 25.9 Å². The molecule has 0 rings (SSSR count). The fourth-order valence-corrected chi connectivity index (χ4v) is 5.55. The van der Waals surface area contributed by atoms with Crippen LogP contribution in [0.25, 0.3) is 0 Å². The van der Waals surface area contributed by atoms with Crippen LogP contribution in [0.15, 0.2) is 0 Å². The van der Waals surface area contributed by atoms with Gasteiger partial charge in [0, 0.05) is 12.2 Å². The number of carboxylic acids is 1. The molecule has 0 radical (unpaired) electrons. The normalized spacial score (nSPS) is 13.4. The zero-order valence-corrected chi connectivity index (χ0v) is 28.4. The first-order valence-corrected chi connectivity index (χ1v) is 18.2. The largest absolute Gasteiger partial charge is 0.481 e. The van der Waals surface area contributed by atoms with Crippen molar-refractivity contribution in [1.29, 1.82) is 0 Å². The third kappa shape index (κ3) is 28.1.